The van der Waals surface area contributed by atoms with Gasteiger partial charge in [-0.2, -0.15) is 0 Å². The van der Waals surface area contributed by atoms with E-state index in [1.165, 1.54) is 38.5 Å². The summed E-state index contributed by atoms with van der Waals surface area (Å²) in [5.74, 6) is 3.09. The minimum absolute atomic E-state index is 0.543. The van der Waals surface area contributed by atoms with E-state index in [-0.39, 0.29) is 0 Å². The molecule has 3 fully saturated rings. The number of aliphatic hydroxyl groups is 3. The summed E-state index contributed by atoms with van der Waals surface area (Å²) in [6, 6.07) is 0. The molecule has 3 saturated carbocycles. The molecule has 3 aliphatic carbocycles. The normalized spacial score (nSPS) is 35.7. The number of fused-ring (bicyclic) bond motifs is 1. The number of rotatable bonds is 6. The van der Waals surface area contributed by atoms with Crippen LogP contribution in [0.4, 0.5) is 0 Å². The smallest absolute Gasteiger partial charge is 0.0809 e. The molecule has 0 aromatic rings. The Morgan fingerprint density at radius 3 is 2.45 bits per heavy atom. The van der Waals surface area contributed by atoms with Gasteiger partial charge in [-0.3, -0.25) is 0 Å². The molecule has 0 radical (unpaired) electrons. The van der Waals surface area contributed by atoms with Crippen LogP contribution < -0.4 is 0 Å². The fraction of sp³-hybridized carbons (Fsp3) is 0.769. The highest BCUT2D eigenvalue weighted by Crippen LogP contribution is 2.51. The molecule has 3 nitrogen and oxygen atoms in total. The summed E-state index contributed by atoms with van der Waals surface area (Å²) in [5, 5.41) is 30.2. The lowest BCUT2D eigenvalue weighted by Gasteiger charge is -2.34. The minimum Gasteiger partial charge on any atom is -0.390 e. The zero-order chi connectivity index (χ0) is 21.2. The van der Waals surface area contributed by atoms with Crippen LogP contribution in [0.15, 0.2) is 35.5 Å². The predicted octanol–water partition coefficient (Wildman–Crippen LogP) is 5.31. The van der Waals surface area contributed by atoms with E-state index >= 15 is 0 Å². The molecular weight excluding hydrogens is 360 g/mol. The predicted molar refractivity (Wildman–Crippen MR) is 119 cm³/mol. The Hall–Kier alpha value is -0.900. The first-order valence-electron chi connectivity index (χ1n) is 11.8. The van der Waals surface area contributed by atoms with Crippen molar-refractivity contribution in [2.75, 3.05) is 0 Å². The fourth-order valence-corrected chi connectivity index (χ4v) is 6.11. The van der Waals surface area contributed by atoms with Gasteiger partial charge in [0.1, 0.15) is 0 Å². The monoisotopic (exact) mass is 402 g/mol. The third-order valence-corrected chi connectivity index (χ3v) is 7.84. The first kappa shape index (κ1) is 22.8. The van der Waals surface area contributed by atoms with E-state index in [1.54, 1.807) is 5.57 Å². The van der Waals surface area contributed by atoms with Crippen molar-refractivity contribution >= 4 is 0 Å². The second-order valence-electron chi connectivity index (χ2n) is 10.7. The maximum Gasteiger partial charge on any atom is 0.0809 e. The third-order valence-electron chi connectivity index (χ3n) is 7.84. The van der Waals surface area contributed by atoms with Gasteiger partial charge in [0.2, 0.25) is 0 Å². The molecule has 0 bridgehead atoms. The summed E-state index contributed by atoms with van der Waals surface area (Å²) in [6.45, 7) is 10.1. The quantitative estimate of drug-likeness (QED) is 0.527. The number of hydrogen-bond acceptors (Lipinski definition) is 3. The van der Waals surface area contributed by atoms with Gasteiger partial charge in [-0.05, 0) is 94.5 Å². The van der Waals surface area contributed by atoms with Crippen LogP contribution >= 0.6 is 0 Å². The summed E-state index contributed by atoms with van der Waals surface area (Å²) < 4.78 is 0. The standard InChI is InChI=1S/C26H42O3/c1-17(7-6-14-26(3,4)29)21-12-13-22-20(8-5-9-23(21)22)11-10-19-15-24(27)18(2)25(28)16-19/h10-11,17,21-25,27-29H,2,5-9,12-16H2,1,3-4H3/b20-11+/t17-,21+,22-,23+,24+,25+/m0/s1. The van der Waals surface area contributed by atoms with Gasteiger partial charge in [0.25, 0.3) is 0 Å². The Balaban J connectivity index is 1.61. The molecule has 3 N–H and O–H groups in total. The van der Waals surface area contributed by atoms with E-state index in [1.807, 2.05) is 13.8 Å². The Bertz CT molecular complexity index is 623. The second kappa shape index (κ2) is 9.49. The molecule has 6 atom stereocenters. The molecule has 0 heterocycles. The van der Waals surface area contributed by atoms with E-state index in [4.69, 9.17) is 0 Å². The summed E-state index contributed by atoms with van der Waals surface area (Å²) in [5.41, 5.74) is 2.75. The van der Waals surface area contributed by atoms with Crippen molar-refractivity contribution in [3.8, 4) is 0 Å². The van der Waals surface area contributed by atoms with Crippen LogP contribution in [-0.2, 0) is 0 Å². The van der Waals surface area contributed by atoms with E-state index in [2.05, 4.69) is 25.7 Å². The van der Waals surface area contributed by atoms with Crippen LogP contribution in [0, 0.1) is 23.7 Å². The first-order valence-corrected chi connectivity index (χ1v) is 11.8. The topological polar surface area (TPSA) is 60.7 Å². The van der Waals surface area contributed by atoms with Gasteiger partial charge >= 0.3 is 0 Å². The average Bonchev–Trinajstić information content (AvgIpc) is 3.08. The summed E-state index contributed by atoms with van der Waals surface area (Å²) in [7, 11) is 0. The Kier molecular flexibility index (Phi) is 7.46. The zero-order valence-electron chi connectivity index (χ0n) is 18.7. The van der Waals surface area contributed by atoms with E-state index in [0.717, 1.165) is 42.1 Å². The van der Waals surface area contributed by atoms with Crippen molar-refractivity contribution in [1.82, 2.24) is 0 Å². The van der Waals surface area contributed by atoms with Gasteiger partial charge < -0.3 is 15.3 Å². The van der Waals surface area contributed by atoms with E-state index in [0.29, 0.717) is 18.4 Å². The maximum atomic E-state index is 10.1. The van der Waals surface area contributed by atoms with Crippen LogP contribution in [-0.4, -0.2) is 33.1 Å². The largest absolute Gasteiger partial charge is 0.390 e. The van der Waals surface area contributed by atoms with Gasteiger partial charge in [0.15, 0.2) is 0 Å². The molecule has 3 aliphatic rings. The highest BCUT2D eigenvalue weighted by molar-refractivity contribution is 5.28. The summed E-state index contributed by atoms with van der Waals surface area (Å²) in [4.78, 5) is 0. The van der Waals surface area contributed by atoms with Gasteiger partial charge in [-0.15, -0.1) is 0 Å². The Morgan fingerprint density at radius 1 is 1.10 bits per heavy atom. The molecule has 0 aromatic carbocycles. The van der Waals surface area contributed by atoms with Crippen LogP contribution in [0.1, 0.15) is 85.0 Å². The molecule has 0 aliphatic heterocycles. The second-order valence-corrected chi connectivity index (χ2v) is 10.7. The molecule has 0 unspecified atom stereocenters. The van der Waals surface area contributed by atoms with Crippen molar-refractivity contribution < 1.29 is 15.3 Å². The molecule has 3 heteroatoms. The SMILES string of the molecule is C=C1[C@H](O)CC(=C/C=C2\CCC[C@@H]3[C@@H]([C@@H](C)CCCC(C)(C)O)CC[C@@H]23)C[C@H]1O. The molecule has 0 spiro atoms. The van der Waals surface area contributed by atoms with E-state index in [9.17, 15) is 15.3 Å². The lowest BCUT2D eigenvalue weighted by molar-refractivity contribution is 0.0651. The minimum atomic E-state index is -0.608. The Labute approximate surface area is 177 Å². The molecule has 0 saturated heterocycles. The fourth-order valence-electron chi connectivity index (χ4n) is 6.11. The summed E-state index contributed by atoms with van der Waals surface area (Å²) >= 11 is 0. The molecule has 29 heavy (non-hydrogen) atoms. The van der Waals surface area contributed by atoms with Gasteiger partial charge in [-0.25, -0.2) is 0 Å². The zero-order valence-corrected chi connectivity index (χ0v) is 18.7. The molecule has 0 aromatic heterocycles. The maximum absolute atomic E-state index is 10.1. The van der Waals surface area contributed by atoms with Gasteiger partial charge in [0, 0.05) is 0 Å². The number of allylic oxidation sites excluding steroid dienone is 3. The highest BCUT2D eigenvalue weighted by atomic mass is 16.3. The van der Waals surface area contributed by atoms with Gasteiger partial charge in [0.05, 0.1) is 17.8 Å². The lowest BCUT2D eigenvalue weighted by atomic mass is 9.71. The van der Waals surface area contributed by atoms with Crippen molar-refractivity contribution in [2.24, 2.45) is 23.7 Å². The van der Waals surface area contributed by atoms with Crippen molar-refractivity contribution in [3.05, 3.63) is 35.5 Å². The van der Waals surface area contributed by atoms with E-state index < -0.39 is 17.8 Å². The van der Waals surface area contributed by atoms with Crippen LogP contribution in [0.2, 0.25) is 0 Å². The average molecular weight is 403 g/mol. The number of hydrogen-bond donors (Lipinski definition) is 3. The number of aliphatic hydroxyl groups excluding tert-OH is 2. The third kappa shape index (κ3) is 5.83. The molecule has 0 amide bonds. The molecule has 164 valence electrons. The highest BCUT2D eigenvalue weighted by Gasteiger charge is 2.41. The Morgan fingerprint density at radius 2 is 1.79 bits per heavy atom. The van der Waals surface area contributed by atoms with Crippen LogP contribution in [0.5, 0.6) is 0 Å². The van der Waals surface area contributed by atoms with Gasteiger partial charge in [-0.1, -0.05) is 49.6 Å². The van der Waals surface area contributed by atoms with Crippen molar-refractivity contribution in [2.45, 2.75) is 103 Å². The molecule has 3 rings (SSSR count). The van der Waals surface area contributed by atoms with Crippen molar-refractivity contribution in [1.29, 1.82) is 0 Å². The first-order chi connectivity index (χ1) is 13.7. The molecular formula is C26H42O3. The van der Waals surface area contributed by atoms with Crippen LogP contribution in [0.3, 0.4) is 0 Å². The lowest BCUT2D eigenvalue weighted by Crippen LogP contribution is -2.28. The van der Waals surface area contributed by atoms with Crippen molar-refractivity contribution in [3.63, 3.8) is 0 Å². The summed E-state index contributed by atoms with van der Waals surface area (Å²) in [6.07, 6.45) is 14.2. The van der Waals surface area contributed by atoms with Crippen LogP contribution in [0.25, 0.3) is 0 Å².